The van der Waals surface area contributed by atoms with E-state index in [0.717, 1.165) is 11.3 Å². The van der Waals surface area contributed by atoms with Crippen molar-refractivity contribution >= 4 is 23.3 Å². The Bertz CT molecular complexity index is 975. The monoisotopic (exact) mass is 353 g/mol. The van der Waals surface area contributed by atoms with Crippen molar-refractivity contribution in [3.63, 3.8) is 0 Å². The topological polar surface area (TPSA) is 66.3 Å². The molecule has 1 aliphatic rings. The summed E-state index contributed by atoms with van der Waals surface area (Å²) in [6.07, 6.45) is 0. The van der Waals surface area contributed by atoms with Gasteiger partial charge in [-0.25, -0.2) is 14.9 Å². The van der Waals surface area contributed by atoms with Gasteiger partial charge in [0.2, 0.25) is 5.95 Å². The van der Waals surface area contributed by atoms with Gasteiger partial charge in [-0.05, 0) is 23.3 Å². The van der Waals surface area contributed by atoms with Gasteiger partial charge < -0.3 is 0 Å². The average Bonchev–Trinajstić information content (AvgIpc) is 3.21. The molecule has 0 spiro atoms. The van der Waals surface area contributed by atoms with Crippen molar-refractivity contribution < 1.29 is 0 Å². The summed E-state index contributed by atoms with van der Waals surface area (Å²) < 4.78 is 1.45. The number of anilines is 1. The Morgan fingerprint density at radius 1 is 1.12 bits per heavy atom. The van der Waals surface area contributed by atoms with Crippen molar-refractivity contribution in [2.75, 3.05) is 11.6 Å². The molecule has 1 atom stereocenters. The Morgan fingerprint density at radius 3 is 2.48 bits per heavy atom. The predicted molar refractivity (Wildman–Crippen MR) is 98.3 cm³/mol. The molecule has 4 rings (SSSR count). The van der Waals surface area contributed by atoms with Crippen molar-refractivity contribution in [2.45, 2.75) is 5.92 Å². The number of hydrazone groups is 1. The van der Waals surface area contributed by atoms with E-state index in [1.54, 1.807) is 12.1 Å². The third-order valence-corrected chi connectivity index (χ3v) is 4.59. The molecule has 0 bridgehead atoms. The molecule has 2 aromatic carbocycles. The van der Waals surface area contributed by atoms with Gasteiger partial charge in [-0.3, -0.25) is 4.57 Å². The molecule has 1 N–H and O–H groups in total. The smallest absolute Gasteiger partial charge is 0.263 e. The minimum absolute atomic E-state index is 0.0779. The molecule has 1 aromatic heterocycles. The first-order valence-corrected chi connectivity index (χ1v) is 8.29. The molecule has 0 amide bonds. The molecular formula is C18H16ClN5O. The summed E-state index contributed by atoms with van der Waals surface area (Å²) in [6, 6.07) is 17.8. The van der Waals surface area contributed by atoms with Crippen LogP contribution in [0.25, 0.3) is 0 Å². The maximum Gasteiger partial charge on any atom is 0.344 e. The molecule has 2 heterocycles. The Kier molecular flexibility index (Phi) is 3.89. The molecule has 126 valence electrons. The lowest BCUT2D eigenvalue weighted by atomic mass is 9.91. The minimum Gasteiger partial charge on any atom is -0.263 e. The van der Waals surface area contributed by atoms with Crippen molar-refractivity contribution in [1.82, 2.24) is 14.8 Å². The van der Waals surface area contributed by atoms with Crippen LogP contribution < -0.4 is 10.7 Å². The number of aromatic nitrogens is 3. The molecule has 1 aliphatic heterocycles. The first-order chi connectivity index (χ1) is 12.1. The third kappa shape index (κ3) is 2.85. The lowest BCUT2D eigenvalue weighted by Gasteiger charge is -2.15. The zero-order valence-electron chi connectivity index (χ0n) is 13.6. The standard InChI is InChI=1S/C18H16ClN5O/c1-23-17(20-21-18(23)25)24-11-15(12-5-3-2-4-6-12)16(22-24)13-7-9-14(19)10-8-13/h2-10,15H,11H2,1H3,(H,21,25)/t15-/m1/s1. The zero-order chi connectivity index (χ0) is 17.4. The van der Waals surface area contributed by atoms with E-state index in [1.165, 1.54) is 10.1 Å². The molecule has 0 unspecified atom stereocenters. The highest BCUT2D eigenvalue weighted by atomic mass is 35.5. The lowest BCUT2D eigenvalue weighted by molar-refractivity contribution is 0.766. The van der Waals surface area contributed by atoms with Crippen molar-refractivity contribution in [3.8, 4) is 0 Å². The fraction of sp³-hybridized carbons (Fsp3) is 0.167. The van der Waals surface area contributed by atoms with Crippen LogP contribution in [0.2, 0.25) is 5.02 Å². The van der Waals surface area contributed by atoms with Crippen LogP contribution in [0, 0.1) is 0 Å². The van der Waals surface area contributed by atoms with Gasteiger partial charge in [0, 0.05) is 18.0 Å². The molecule has 0 aliphatic carbocycles. The molecule has 0 radical (unpaired) electrons. The normalized spacial score (nSPS) is 17.0. The molecule has 0 saturated carbocycles. The maximum absolute atomic E-state index is 11.7. The van der Waals surface area contributed by atoms with Gasteiger partial charge in [-0.1, -0.05) is 54.1 Å². The molecule has 7 heteroatoms. The highest BCUT2D eigenvalue weighted by Crippen LogP contribution is 2.30. The van der Waals surface area contributed by atoms with Crippen LogP contribution in [-0.4, -0.2) is 27.0 Å². The van der Waals surface area contributed by atoms with Gasteiger partial charge in [0.15, 0.2) is 0 Å². The van der Waals surface area contributed by atoms with E-state index >= 15 is 0 Å². The van der Waals surface area contributed by atoms with E-state index in [2.05, 4.69) is 22.3 Å². The second-order valence-electron chi connectivity index (χ2n) is 5.93. The van der Waals surface area contributed by atoms with Crippen LogP contribution in [0.5, 0.6) is 0 Å². The minimum atomic E-state index is -0.263. The highest BCUT2D eigenvalue weighted by molar-refractivity contribution is 6.30. The second kappa shape index (κ2) is 6.22. The third-order valence-electron chi connectivity index (χ3n) is 4.34. The number of halogens is 1. The van der Waals surface area contributed by atoms with E-state index in [1.807, 2.05) is 42.5 Å². The van der Waals surface area contributed by atoms with Gasteiger partial charge in [0.05, 0.1) is 12.3 Å². The van der Waals surface area contributed by atoms with E-state index < -0.39 is 0 Å². The van der Waals surface area contributed by atoms with Crippen LogP contribution >= 0.6 is 11.6 Å². The largest absolute Gasteiger partial charge is 0.344 e. The highest BCUT2D eigenvalue weighted by Gasteiger charge is 2.31. The SMILES string of the molecule is Cn1c(N2C[C@H](c3ccccc3)C(c3ccc(Cl)cc3)=N2)n[nH]c1=O. The van der Waals surface area contributed by atoms with E-state index in [0.29, 0.717) is 17.5 Å². The van der Waals surface area contributed by atoms with E-state index in [-0.39, 0.29) is 11.6 Å². The Labute approximate surface area is 149 Å². The van der Waals surface area contributed by atoms with Crippen LogP contribution in [0.3, 0.4) is 0 Å². The summed E-state index contributed by atoms with van der Waals surface area (Å²) >= 11 is 6.02. The predicted octanol–water partition coefficient (Wildman–Crippen LogP) is 2.77. The lowest BCUT2D eigenvalue weighted by Crippen LogP contribution is -2.23. The first kappa shape index (κ1) is 15.7. The van der Waals surface area contributed by atoms with Gasteiger partial charge in [0.1, 0.15) is 0 Å². The van der Waals surface area contributed by atoms with Gasteiger partial charge in [0.25, 0.3) is 0 Å². The summed E-state index contributed by atoms with van der Waals surface area (Å²) in [5.74, 6) is 0.573. The Balaban J connectivity index is 1.79. The molecule has 3 aromatic rings. The van der Waals surface area contributed by atoms with Crippen molar-refractivity contribution in [2.24, 2.45) is 12.1 Å². The zero-order valence-corrected chi connectivity index (χ0v) is 14.3. The number of nitrogens with one attached hydrogen (secondary N) is 1. The number of aromatic amines is 1. The Morgan fingerprint density at radius 2 is 1.84 bits per heavy atom. The van der Waals surface area contributed by atoms with Gasteiger partial charge >= 0.3 is 5.69 Å². The summed E-state index contributed by atoms with van der Waals surface area (Å²) in [7, 11) is 1.68. The maximum atomic E-state index is 11.7. The summed E-state index contributed by atoms with van der Waals surface area (Å²) in [5.41, 5.74) is 2.83. The number of benzene rings is 2. The molecule has 25 heavy (non-hydrogen) atoms. The number of H-pyrrole nitrogens is 1. The van der Waals surface area contributed by atoms with E-state index in [9.17, 15) is 4.79 Å². The Hall–Kier alpha value is -2.86. The number of hydrogen-bond donors (Lipinski definition) is 1. The van der Waals surface area contributed by atoms with Crippen LogP contribution in [0.15, 0.2) is 64.5 Å². The summed E-state index contributed by atoms with van der Waals surface area (Å²) in [6.45, 7) is 0.611. The molecule has 0 saturated heterocycles. The fourth-order valence-corrected chi connectivity index (χ4v) is 3.15. The van der Waals surface area contributed by atoms with Gasteiger partial charge in [-0.2, -0.15) is 5.10 Å². The van der Waals surface area contributed by atoms with E-state index in [4.69, 9.17) is 16.7 Å². The van der Waals surface area contributed by atoms with Crippen molar-refractivity contribution in [3.05, 3.63) is 81.2 Å². The number of nitrogens with zero attached hydrogens (tertiary/aromatic N) is 4. The molecule has 6 nitrogen and oxygen atoms in total. The summed E-state index contributed by atoms with van der Waals surface area (Å²) in [5, 5.41) is 13.8. The average molecular weight is 354 g/mol. The van der Waals surface area contributed by atoms with Gasteiger partial charge in [-0.15, -0.1) is 5.10 Å². The second-order valence-corrected chi connectivity index (χ2v) is 6.36. The van der Waals surface area contributed by atoms with Crippen LogP contribution in [0.4, 0.5) is 5.95 Å². The number of rotatable bonds is 3. The molecular weight excluding hydrogens is 338 g/mol. The quantitative estimate of drug-likeness (QED) is 0.787. The van der Waals surface area contributed by atoms with Crippen LogP contribution in [-0.2, 0) is 7.05 Å². The summed E-state index contributed by atoms with van der Waals surface area (Å²) in [4.78, 5) is 11.7. The van der Waals surface area contributed by atoms with Crippen molar-refractivity contribution in [1.29, 1.82) is 0 Å². The first-order valence-electron chi connectivity index (χ1n) is 7.92. The number of hydrogen-bond acceptors (Lipinski definition) is 4. The molecule has 0 fully saturated rings. The van der Waals surface area contributed by atoms with Crippen LogP contribution in [0.1, 0.15) is 17.0 Å². The fourth-order valence-electron chi connectivity index (χ4n) is 3.02.